The van der Waals surface area contributed by atoms with Gasteiger partial charge in [0.1, 0.15) is 5.69 Å². The topological polar surface area (TPSA) is 117 Å². The number of aromatic nitrogens is 4. The first-order valence-corrected chi connectivity index (χ1v) is 11.8. The molecule has 1 aliphatic rings. The van der Waals surface area contributed by atoms with E-state index in [0.29, 0.717) is 37.0 Å². The Morgan fingerprint density at radius 1 is 1.00 bits per heavy atom. The third-order valence-corrected chi connectivity index (χ3v) is 5.72. The minimum Gasteiger partial charge on any atom is -0.378 e. The first-order chi connectivity index (χ1) is 18.0. The Morgan fingerprint density at radius 3 is 2.62 bits per heavy atom. The van der Waals surface area contributed by atoms with E-state index in [-0.39, 0.29) is 17.5 Å². The van der Waals surface area contributed by atoms with E-state index in [4.69, 9.17) is 16.3 Å². The van der Waals surface area contributed by atoms with Crippen molar-refractivity contribution in [3.8, 4) is 11.1 Å². The lowest BCUT2D eigenvalue weighted by Gasteiger charge is -2.28. The Labute approximate surface area is 216 Å². The second kappa shape index (κ2) is 11.1. The zero-order valence-corrected chi connectivity index (χ0v) is 20.2. The van der Waals surface area contributed by atoms with E-state index in [1.165, 1.54) is 6.20 Å². The number of anilines is 4. The number of rotatable bonds is 7. The second-order valence-corrected chi connectivity index (χ2v) is 8.51. The maximum atomic E-state index is 14.2. The number of pyridine rings is 2. The summed E-state index contributed by atoms with van der Waals surface area (Å²) in [7, 11) is 0. The molecule has 0 atom stereocenters. The van der Waals surface area contributed by atoms with Crippen LogP contribution in [0.5, 0.6) is 0 Å². The Hall–Kier alpha value is -4.35. The fraction of sp³-hybridized carbons (Fsp3) is 0.160. The Kier molecular flexibility index (Phi) is 7.33. The number of hydrazine groups is 1. The van der Waals surface area contributed by atoms with Crippen LogP contribution in [0.2, 0.25) is 5.02 Å². The third kappa shape index (κ3) is 6.08. The number of nitrogens with zero attached hydrogens (tertiary/aromatic N) is 5. The van der Waals surface area contributed by atoms with Crippen LogP contribution in [0, 0.1) is 5.82 Å². The van der Waals surface area contributed by atoms with Crippen LogP contribution in [0.25, 0.3) is 11.1 Å². The average molecular weight is 521 g/mol. The number of carbonyl (C=O) groups excluding carboxylic acids is 1. The highest BCUT2D eigenvalue weighted by Crippen LogP contribution is 2.28. The molecule has 37 heavy (non-hydrogen) atoms. The molecule has 1 fully saturated rings. The number of hydrogen-bond acceptors (Lipinski definition) is 9. The first-order valence-electron chi connectivity index (χ1n) is 11.4. The Bertz CT molecular complexity index is 1390. The van der Waals surface area contributed by atoms with E-state index < -0.39 is 11.7 Å². The molecule has 0 bridgehead atoms. The molecule has 3 N–H and O–H groups in total. The summed E-state index contributed by atoms with van der Waals surface area (Å²) in [6.45, 7) is 2.01. The normalized spacial score (nSPS) is 13.2. The van der Waals surface area contributed by atoms with Gasteiger partial charge in [0.05, 0.1) is 31.3 Å². The van der Waals surface area contributed by atoms with Crippen molar-refractivity contribution in [2.24, 2.45) is 0 Å². The number of carbonyl (C=O) groups is 1. The number of nitrogens with one attached hydrogen (secondary N) is 3. The van der Waals surface area contributed by atoms with E-state index in [9.17, 15) is 9.18 Å². The number of morpholine rings is 1. The standard InChI is InChI=1S/C25H22ClFN8O2/c26-18-10-17(16-2-1-5-28-13-16)11-20(12-18)31-19-3-4-22(29-14-19)24(36)33-34-25-30-15-21(27)23(32-25)35-6-8-37-9-7-35/h1-5,10-15,31H,6-9H2,(H,33,36)(H,30,32,34). The summed E-state index contributed by atoms with van der Waals surface area (Å²) in [6.07, 6.45) is 6.06. The van der Waals surface area contributed by atoms with Crippen molar-refractivity contribution in [3.05, 3.63) is 83.8 Å². The number of ether oxygens (including phenoxy) is 1. The summed E-state index contributed by atoms with van der Waals surface area (Å²) >= 11 is 6.31. The molecule has 0 radical (unpaired) electrons. The lowest BCUT2D eigenvalue weighted by atomic mass is 10.1. The lowest BCUT2D eigenvalue weighted by Crippen LogP contribution is -2.38. The zero-order chi connectivity index (χ0) is 25.6. The number of amides is 1. The molecule has 1 amide bonds. The van der Waals surface area contributed by atoms with Crippen LogP contribution >= 0.6 is 11.6 Å². The molecule has 188 valence electrons. The molecule has 0 spiro atoms. The first kappa shape index (κ1) is 24.3. The molecule has 4 aromatic rings. The van der Waals surface area contributed by atoms with E-state index in [2.05, 4.69) is 36.1 Å². The molecule has 3 aromatic heterocycles. The van der Waals surface area contributed by atoms with E-state index in [1.54, 1.807) is 35.5 Å². The second-order valence-electron chi connectivity index (χ2n) is 8.07. The quantitative estimate of drug-likeness (QED) is 0.310. The Balaban J connectivity index is 1.22. The van der Waals surface area contributed by atoms with Gasteiger partial charge in [0.25, 0.3) is 5.91 Å². The van der Waals surface area contributed by atoms with Gasteiger partial charge in [-0.15, -0.1) is 0 Å². The molecule has 10 nitrogen and oxygen atoms in total. The SMILES string of the molecule is O=C(NNc1ncc(F)c(N2CCOCC2)n1)c1ccc(Nc2cc(Cl)cc(-c3cccnc3)c2)cn1. The highest BCUT2D eigenvalue weighted by Gasteiger charge is 2.18. The largest absolute Gasteiger partial charge is 0.378 e. The maximum Gasteiger partial charge on any atom is 0.288 e. The van der Waals surface area contributed by atoms with Crippen LogP contribution in [0.3, 0.4) is 0 Å². The smallest absolute Gasteiger partial charge is 0.288 e. The summed E-state index contributed by atoms with van der Waals surface area (Å²) in [5.41, 5.74) is 8.54. The van der Waals surface area contributed by atoms with Crippen molar-refractivity contribution in [2.75, 3.05) is 41.9 Å². The molecule has 12 heteroatoms. The third-order valence-electron chi connectivity index (χ3n) is 5.50. The van der Waals surface area contributed by atoms with E-state index >= 15 is 0 Å². The van der Waals surface area contributed by atoms with Crippen molar-refractivity contribution in [1.82, 2.24) is 25.4 Å². The van der Waals surface area contributed by atoms with Crippen molar-refractivity contribution in [2.45, 2.75) is 0 Å². The number of halogens is 2. The van der Waals surface area contributed by atoms with E-state index in [0.717, 1.165) is 23.0 Å². The molecule has 0 aliphatic carbocycles. The monoisotopic (exact) mass is 520 g/mol. The van der Waals surface area contributed by atoms with Crippen LogP contribution < -0.4 is 21.1 Å². The average Bonchev–Trinajstić information content (AvgIpc) is 2.93. The van der Waals surface area contributed by atoms with Gasteiger partial charge in [0.15, 0.2) is 11.6 Å². The van der Waals surface area contributed by atoms with Gasteiger partial charge in [-0.3, -0.25) is 20.6 Å². The fourth-order valence-electron chi connectivity index (χ4n) is 3.72. The van der Waals surface area contributed by atoms with Crippen LogP contribution in [-0.2, 0) is 4.74 Å². The van der Waals surface area contributed by atoms with Crippen molar-refractivity contribution < 1.29 is 13.9 Å². The highest BCUT2D eigenvalue weighted by molar-refractivity contribution is 6.31. The number of hydrogen-bond donors (Lipinski definition) is 3. The summed E-state index contributed by atoms with van der Waals surface area (Å²) in [6, 6.07) is 12.7. The molecular formula is C25H22ClFN8O2. The molecule has 1 saturated heterocycles. The molecule has 0 saturated carbocycles. The van der Waals surface area contributed by atoms with Crippen LogP contribution in [0.4, 0.5) is 27.5 Å². The van der Waals surface area contributed by atoms with Crippen molar-refractivity contribution >= 4 is 40.6 Å². The van der Waals surface area contributed by atoms with Crippen LogP contribution in [0.1, 0.15) is 10.5 Å². The minimum atomic E-state index is -0.546. The predicted octanol–water partition coefficient (Wildman–Crippen LogP) is 4.06. The summed E-state index contributed by atoms with van der Waals surface area (Å²) < 4.78 is 19.5. The van der Waals surface area contributed by atoms with E-state index in [1.807, 2.05) is 24.3 Å². The zero-order valence-electron chi connectivity index (χ0n) is 19.5. The van der Waals surface area contributed by atoms with Crippen LogP contribution in [0.15, 0.2) is 67.3 Å². The Morgan fingerprint density at radius 2 is 1.86 bits per heavy atom. The van der Waals surface area contributed by atoms with Gasteiger partial charge in [-0.1, -0.05) is 17.7 Å². The molecule has 5 rings (SSSR count). The molecular weight excluding hydrogens is 499 g/mol. The highest BCUT2D eigenvalue weighted by atomic mass is 35.5. The predicted molar refractivity (Wildman–Crippen MR) is 138 cm³/mol. The number of benzene rings is 1. The molecule has 4 heterocycles. The molecule has 1 aliphatic heterocycles. The minimum absolute atomic E-state index is 0.0555. The lowest BCUT2D eigenvalue weighted by molar-refractivity contribution is 0.0957. The van der Waals surface area contributed by atoms with Gasteiger partial charge in [0.2, 0.25) is 5.95 Å². The molecule has 1 aromatic carbocycles. The summed E-state index contributed by atoms with van der Waals surface area (Å²) in [5, 5.41) is 3.81. The van der Waals surface area contributed by atoms with Gasteiger partial charge in [0, 0.05) is 41.8 Å². The van der Waals surface area contributed by atoms with Gasteiger partial charge in [-0.25, -0.2) is 14.4 Å². The van der Waals surface area contributed by atoms with Crippen molar-refractivity contribution in [1.29, 1.82) is 0 Å². The van der Waals surface area contributed by atoms with Crippen molar-refractivity contribution in [3.63, 3.8) is 0 Å². The summed E-state index contributed by atoms with van der Waals surface area (Å²) in [4.78, 5) is 30.7. The summed E-state index contributed by atoms with van der Waals surface area (Å²) in [5.74, 6) is -0.846. The van der Waals surface area contributed by atoms with Gasteiger partial charge < -0.3 is 15.0 Å². The van der Waals surface area contributed by atoms with Gasteiger partial charge in [-0.05, 0) is 42.0 Å². The molecule has 0 unspecified atom stereocenters. The fourth-order valence-corrected chi connectivity index (χ4v) is 3.96. The van der Waals surface area contributed by atoms with Gasteiger partial charge in [-0.2, -0.15) is 4.98 Å². The maximum absolute atomic E-state index is 14.2. The van der Waals surface area contributed by atoms with Crippen LogP contribution in [-0.4, -0.2) is 52.1 Å². The van der Waals surface area contributed by atoms with Gasteiger partial charge >= 0.3 is 0 Å².